The maximum atomic E-state index is 12.7. The van der Waals surface area contributed by atoms with E-state index in [0.717, 1.165) is 0 Å². The van der Waals surface area contributed by atoms with Gasteiger partial charge < -0.3 is 10.1 Å². The summed E-state index contributed by atoms with van der Waals surface area (Å²) < 4.78 is 4.96. The molecule has 8 heteroatoms. The first-order valence-electron chi connectivity index (χ1n) is 8.75. The molecule has 152 valence electrons. The lowest BCUT2D eigenvalue weighted by Gasteiger charge is -2.20. The van der Waals surface area contributed by atoms with Crippen molar-refractivity contribution in [2.75, 3.05) is 6.61 Å². The number of benzene rings is 2. The summed E-state index contributed by atoms with van der Waals surface area (Å²) in [7, 11) is 0. The Hall–Kier alpha value is -3.19. The number of amides is 3. The quantitative estimate of drug-likeness (QED) is 0.575. The summed E-state index contributed by atoms with van der Waals surface area (Å²) in [5.41, 5.74) is -0.0292. The van der Waals surface area contributed by atoms with Crippen molar-refractivity contribution in [3.63, 3.8) is 0 Å². The lowest BCUT2D eigenvalue weighted by atomic mass is 9.98. The fourth-order valence-electron chi connectivity index (χ4n) is 2.36. The van der Waals surface area contributed by atoms with Crippen LogP contribution in [0.1, 0.15) is 47.1 Å². The Morgan fingerprint density at radius 1 is 0.931 bits per heavy atom. The van der Waals surface area contributed by atoms with E-state index in [9.17, 15) is 19.2 Å². The van der Waals surface area contributed by atoms with Gasteiger partial charge in [-0.3, -0.25) is 14.9 Å². The molecular formula is C21H21ClN2O5. The summed E-state index contributed by atoms with van der Waals surface area (Å²) in [6.45, 7) is 4.60. The number of carbonyl (C=O) groups excluding carboxylic acids is 4. The molecule has 0 radical (unpaired) electrons. The summed E-state index contributed by atoms with van der Waals surface area (Å²) >= 11 is 5.83. The van der Waals surface area contributed by atoms with Crippen LogP contribution in [0.5, 0.6) is 0 Å². The van der Waals surface area contributed by atoms with E-state index in [1.807, 2.05) is 0 Å². The number of halogens is 1. The monoisotopic (exact) mass is 416 g/mol. The van der Waals surface area contributed by atoms with Crippen LogP contribution in [-0.4, -0.2) is 35.8 Å². The Labute approximate surface area is 173 Å². The Morgan fingerprint density at radius 2 is 1.52 bits per heavy atom. The fourth-order valence-corrected chi connectivity index (χ4v) is 2.49. The highest BCUT2D eigenvalue weighted by Crippen LogP contribution is 2.17. The van der Waals surface area contributed by atoms with E-state index in [0.29, 0.717) is 10.6 Å². The van der Waals surface area contributed by atoms with Crippen molar-refractivity contribution in [1.29, 1.82) is 0 Å². The Balaban J connectivity index is 2.05. The highest BCUT2D eigenvalue weighted by Gasteiger charge is 2.21. The average molecular weight is 417 g/mol. The van der Waals surface area contributed by atoms with Gasteiger partial charge in [0.15, 0.2) is 12.4 Å². The molecule has 2 aromatic carbocycles. The average Bonchev–Trinajstić information content (AvgIpc) is 2.64. The SMILES string of the molecule is CC(C)(C)NC(=O)NC(=O)COC(=O)c1ccccc1C(=O)c1ccc(Cl)cc1. The minimum atomic E-state index is -0.853. The van der Waals surface area contributed by atoms with Gasteiger partial charge in [0.25, 0.3) is 5.91 Å². The van der Waals surface area contributed by atoms with Crippen LogP contribution in [0.4, 0.5) is 4.79 Å². The molecule has 0 saturated heterocycles. The maximum Gasteiger partial charge on any atom is 0.339 e. The molecular weight excluding hydrogens is 396 g/mol. The highest BCUT2D eigenvalue weighted by atomic mass is 35.5. The number of nitrogens with one attached hydrogen (secondary N) is 2. The van der Waals surface area contributed by atoms with Crippen molar-refractivity contribution >= 4 is 35.3 Å². The van der Waals surface area contributed by atoms with E-state index >= 15 is 0 Å². The van der Waals surface area contributed by atoms with Gasteiger partial charge >= 0.3 is 12.0 Å². The summed E-state index contributed by atoms with van der Waals surface area (Å²) in [4.78, 5) is 48.6. The van der Waals surface area contributed by atoms with Crippen LogP contribution >= 0.6 is 11.6 Å². The summed E-state index contributed by atoms with van der Waals surface area (Å²) in [6, 6.07) is 11.7. The number of carbonyl (C=O) groups is 4. The first-order chi connectivity index (χ1) is 13.6. The largest absolute Gasteiger partial charge is 0.452 e. The molecule has 0 aliphatic carbocycles. The van der Waals surface area contributed by atoms with Crippen molar-refractivity contribution in [2.45, 2.75) is 26.3 Å². The highest BCUT2D eigenvalue weighted by molar-refractivity contribution is 6.30. The van der Waals surface area contributed by atoms with E-state index in [-0.39, 0.29) is 16.9 Å². The number of hydrogen-bond donors (Lipinski definition) is 2. The van der Waals surface area contributed by atoms with Crippen LogP contribution in [0.25, 0.3) is 0 Å². The Morgan fingerprint density at radius 3 is 2.10 bits per heavy atom. The molecule has 0 aromatic heterocycles. The van der Waals surface area contributed by atoms with Gasteiger partial charge in [-0.1, -0.05) is 29.8 Å². The Bertz CT molecular complexity index is 933. The van der Waals surface area contributed by atoms with Crippen molar-refractivity contribution in [3.05, 3.63) is 70.2 Å². The van der Waals surface area contributed by atoms with Crippen molar-refractivity contribution in [1.82, 2.24) is 10.6 Å². The molecule has 0 atom stereocenters. The number of imide groups is 1. The normalized spacial score (nSPS) is 10.8. The molecule has 0 spiro atoms. The zero-order valence-corrected chi connectivity index (χ0v) is 17.0. The van der Waals surface area contributed by atoms with Crippen molar-refractivity contribution in [2.24, 2.45) is 0 Å². The van der Waals surface area contributed by atoms with Gasteiger partial charge in [0.2, 0.25) is 0 Å². The number of urea groups is 1. The second kappa shape index (κ2) is 9.34. The second-order valence-corrected chi connectivity index (χ2v) is 7.65. The number of hydrogen-bond acceptors (Lipinski definition) is 5. The number of ketones is 1. The van der Waals surface area contributed by atoms with Gasteiger partial charge in [0, 0.05) is 21.7 Å². The van der Waals surface area contributed by atoms with Gasteiger partial charge in [-0.15, -0.1) is 0 Å². The maximum absolute atomic E-state index is 12.7. The van der Waals surface area contributed by atoms with Crippen LogP contribution < -0.4 is 10.6 Å². The van der Waals surface area contributed by atoms with E-state index in [2.05, 4.69) is 10.6 Å². The summed E-state index contributed by atoms with van der Waals surface area (Å²) in [5.74, 6) is -2.03. The van der Waals surface area contributed by atoms with Crippen LogP contribution in [0.3, 0.4) is 0 Å². The van der Waals surface area contributed by atoms with Crippen molar-refractivity contribution < 1.29 is 23.9 Å². The third-order valence-corrected chi connectivity index (χ3v) is 3.83. The second-order valence-electron chi connectivity index (χ2n) is 7.21. The molecule has 7 nitrogen and oxygen atoms in total. The molecule has 0 saturated carbocycles. The third kappa shape index (κ3) is 6.73. The first kappa shape index (κ1) is 22.1. The molecule has 0 heterocycles. The lowest BCUT2D eigenvalue weighted by Crippen LogP contribution is -2.49. The summed E-state index contributed by atoms with van der Waals surface area (Å²) in [6.07, 6.45) is 0. The van der Waals surface area contributed by atoms with E-state index in [1.165, 1.54) is 12.1 Å². The van der Waals surface area contributed by atoms with Gasteiger partial charge in [-0.25, -0.2) is 9.59 Å². The van der Waals surface area contributed by atoms with E-state index in [4.69, 9.17) is 16.3 Å². The molecule has 0 aliphatic rings. The van der Waals surface area contributed by atoms with Gasteiger partial charge in [-0.2, -0.15) is 0 Å². The number of esters is 1. The minimum Gasteiger partial charge on any atom is -0.452 e. The molecule has 0 fully saturated rings. The molecule has 2 aromatic rings. The van der Waals surface area contributed by atoms with Gasteiger partial charge in [0.1, 0.15) is 0 Å². The van der Waals surface area contributed by atoms with Crippen LogP contribution in [-0.2, 0) is 9.53 Å². The molecule has 0 unspecified atom stereocenters. The molecule has 3 amide bonds. The van der Waals surface area contributed by atoms with Crippen LogP contribution in [0, 0.1) is 0 Å². The molecule has 29 heavy (non-hydrogen) atoms. The van der Waals surface area contributed by atoms with Crippen molar-refractivity contribution in [3.8, 4) is 0 Å². The van der Waals surface area contributed by atoms with Gasteiger partial charge in [-0.05, 0) is 51.1 Å². The molecule has 0 aliphatic heterocycles. The lowest BCUT2D eigenvalue weighted by molar-refractivity contribution is -0.123. The predicted octanol–water partition coefficient (Wildman–Crippen LogP) is 3.35. The number of ether oxygens (including phenoxy) is 1. The fraction of sp³-hybridized carbons (Fsp3) is 0.238. The zero-order chi connectivity index (χ0) is 21.6. The predicted molar refractivity (Wildman–Crippen MR) is 108 cm³/mol. The minimum absolute atomic E-state index is 0.0133. The van der Waals surface area contributed by atoms with Crippen LogP contribution in [0.15, 0.2) is 48.5 Å². The smallest absolute Gasteiger partial charge is 0.339 e. The van der Waals surface area contributed by atoms with Crippen LogP contribution in [0.2, 0.25) is 5.02 Å². The molecule has 0 bridgehead atoms. The first-order valence-corrected chi connectivity index (χ1v) is 9.13. The molecule has 2 rings (SSSR count). The van der Waals surface area contributed by atoms with E-state index < -0.39 is 30.1 Å². The zero-order valence-electron chi connectivity index (χ0n) is 16.2. The summed E-state index contributed by atoms with van der Waals surface area (Å²) in [5, 5.41) is 5.10. The number of rotatable bonds is 5. The molecule has 2 N–H and O–H groups in total. The van der Waals surface area contributed by atoms with Gasteiger partial charge in [0.05, 0.1) is 5.56 Å². The topological polar surface area (TPSA) is 102 Å². The van der Waals surface area contributed by atoms with E-state index in [1.54, 1.807) is 57.2 Å². The third-order valence-electron chi connectivity index (χ3n) is 3.57. The standard InChI is InChI=1S/C21H21ClN2O5/c1-21(2,3)24-20(28)23-17(25)12-29-19(27)16-7-5-4-6-15(16)18(26)13-8-10-14(22)11-9-13/h4-11H,12H2,1-3H3,(H2,23,24,25,28). The Kier molecular flexibility index (Phi) is 7.12.